The number of nitrogens with zero attached hydrogens (tertiary/aromatic N) is 1. The van der Waals surface area contributed by atoms with E-state index in [4.69, 9.17) is 4.74 Å². The summed E-state index contributed by atoms with van der Waals surface area (Å²) in [6, 6.07) is 10.0. The van der Waals surface area contributed by atoms with Crippen molar-refractivity contribution in [3.63, 3.8) is 0 Å². The van der Waals surface area contributed by atoms with E-state index in [1.54, 1.807) is 0 Å². The number of nitrogens with one attached hydrogen (secondary N) is 1. The first kappa shape index (κ1) is 16.0. The Morgan fingerprint density at radius 3 is 2.58 bits per heavy atom. The second-order valence-electron chi connectivity index (χ2n) is 5.42. The molecule has 0 fully saturated rings. The van der Waals surface area contributed by atoms with Gasteiger partial charge in [0.25, 0.3) is 0 Å². The van der Waals surface area contributed by atoms with Crippen molar-refractivity contribution < 1.29 is 4.74 Å². The normalized spacial score (nSPS) is 11.2. The molecule has 0 saturated carbocycles. The Kier molecular flexibility index (Phi) is 8.26. The van der Waals surface area contributed by atoms with Gasteiger partial charge in [0.05, 0.1) is 6.61 Å². The first-order chi connectivity index (χ1) is 9.18. The average molecular weight is 264 g/mol. The standard InChI is InChI=1S/C16H28N2O/c1-15(2)14-17-10-12-18(3)11-7-13-19-16-8-5-4-6-9-16/h4-6,8-9,15,17H,7,10-14H2,1-3H3. The van der Waals surface area contributed by atoms with Crippen LogP contribution in [0.5, 0.6) is 5.75 Å². The highest BCUT2D eigenvalue weighted by atomic mass is 16.5. The van der Waals surface area contributed by atoms with E-state index in [2.05, 4.69) is 31.1 Å². The summed E-state index contributed by atoms with van der Waals surface area (Å²) in [5, 5.41) is 3.46. The Hall–Kier alpha value is -1.06. The van der Waals surface area contributed by atoms with Crippen LogP contribution in [0, 0.1) is 5.92 Å². The molecule has 1 N–H and O–H groups in total. The number of benzene rings is 1. The van der Waals surface area contributed by atoms with Gasteiger partial charge in [-0.05, 0) is 38.1 Å². The summed E-state index contributed by atoms with van der Waals surface area (Å²) in [4.78, 5) is 2.35. The Morgan fingerprint density at radius 1 is 1.16 bits per heavy atom. The molecule has 0 radical (unpaired) electrons. The van der Waals surface area contributed by atoms with Crippen LogP contribution in [0.1, 0.15) is 20.3 Å². The van der Waals surface area contributed by atoms with Gasteiger partial charge in [-0.25, -0.2) is 0 Å². The predicted octanol–water partition coefficient (Wildman–Crippen LogP) is 2.63. The highest BCUT2D eigenvalue weighted by Gasteiger charge is 1.99. The monoisotopic (exact) mass is 264 g/mol. The molecule has 3 nitrogen and oxygen atoms in total. The third kappa shape index (κ3) is 8.62. The van der Waals surface area contributed by atoms with Crippen molar-refractivity contribution in [1.82, 2.24) is 10.2 Å². The molecule has 1 rings (SSSR count). The number of hydrogen-bond acceptors (Lipinski definition) is 3. The lowest BCUT2D eigenvalue weighted by molar-refractivity contribution is 0.262. The van der Waals surface area contributed by atoms with Crippen LogP contribution >= 0.6 is 0 Å². The van der Waals surface area contributed by atoms with Crippen molar-refractivity contribution in [2.45, 2.75) is 20.3 Å². The minimum atomic E-state index is 0.726. The van der Waals surface area contributed by atoms with Gasteiger partial charge in [-0.3, -0.25) is 0 Å². The highest BCUT2D eigenvalue weighted by Crippen LogP contribution is 2.08. The Labute approximate surface area is 118 Å². The minimum Gasteiger partial charge on any atom is -0.494 e. The van der Waals surface area contributed by atoms with Crippen LogP contribution in [0.3, 0.4) is 0 Å². The first-order valence-corrected chi connectivity index (χ1v) is 7.25. The fourth-order valence-electron chi connectivity index (χ4n) is 1.81. The fourth-order valence-corrected chi connectivity index (χ4v) is 1.81. The number of ether oxygens (including phenoxy) is 1. The maximum atomic E-state index is 5.67. The van der Waals surface area contributed by atoms with Gasteiger partial charge in [-0.15, -0.1) is 0 Å². The molecule has 0 saturated heterocycles. The van der Waals surface area contributed by atoms with Crippen LogP contribution in [0.25, 0.3) is 0 Å². The number of hydrogen-bond donors (Lipinski definition) is 1. The van der Waals surface area contributed by atoms with Crippen LogP contribution in [0.4, 0.5) is 0 Å². The van der Waals surface area contributed by atoms with Gasteiger partial charge in [-0.1, -0.05) is 32.0 Å². The average Bonchev–Trinajstić information content (AvgIpc) is 2.41. The van der Waals surface area contributed by atoms with E-state index in [1.807, 2.05) is 30.3 Å². The fraction of sp³-hybridized carbons (Fsp3) is 0.625. The molecule has 0 bridgehead atoms. The highest BCUT2D eigenvalue weighted by molar-refractivity contribution is 5.20. The summed E-state index contributed by atoms with van der Waals surface area (Å²) < 4.78 is 5.67. The van der Waals surface area contributed by atoms with Crippen molar-refractivity contribution in [3.8, 4) is 5.75 Å². The minimum absolute atomic E-state index is 0.726. The molecule has 0 aliphatic heterocycles. The maximum absolute atomic E-state index is 5.67. The van der Waals surface area contributed by atoms with E-state index in [-0.39, 0.29) is 0 Å². The van der Waals surface area contributed by atoms with E-state index in [0.717, 1.165) is 50.9 Å². The molecular weight excluding hydrogens is 236 g/mol. The van der Waals surface area contributed by atoms with Gasteiger partial charge in [-0.2, -0.15) is 0 Å². The summed E-state index contributed by atoms with van der Waals surface area (Å²) in [6.07, 6.45) is 1.07. The van der Waals surface area contributed by atoms with E-state index in [9.17, 15) is 0 Å². The Morgan fingerprint density at radius 2 is 1.89 bits per heavy atom. The van der Waals surface area contributed by atoms with Crippen LogP contribution < -0.4 is 10.1 Å². The lowest BCUT2D eigenvalue weighted by Crippen LogP contribution is -2.32. The van der Waals surface area contributed by atoms with Gasteiger partial charge < -0.3 is 15.0 Å². The third-order valence-electron chi connectivity index (χ3n) is 2.92. The topological polar surface area (TPSA) is 24.5 Å². The molecule has 19 heavy (non-hydrogen) atoms. The molecule has 0 aromatic heterocycles. The van der Waals surface area contributed by atoms with E-state index in [0.29, 0.717) is 0 Å². The molecule has 0 aliphatic rings. The Balaban J connectivity index is 1.97. The zero-order valence-electron chi connectivity index (χ0n) is 12.6. The van der Waals surface area contributed by atoms with Gasteiger partial charge in [0.1, 0.15) is 5.75 Å². The third-order valence-corrected chi connectivity index (χ3v) is 2.92. The van der Waals surface area contributed by atoms with Crippen LogP contribution in [0.15, 0.2) is 30.3 Å². The van der Waals surface area contributed by atoms with Crippen LogP contribution in [-0.2, 0) is 0 Å². The summed E-state index contributed by atoms with van der Waals surface area (Å²) in [5.74, 6) is 1.69. The molecule has 0 spiro atoms. The Bertz CT molecular complexity index is 314. The molecule has 1 aromatic rings. The number of rotatable bonds is 10. The second-order valence-corrected chi connectivity index (χ2v) is 5.42. The quantitative estimate of drug-likeness (QED) is 0.658. The van der Waals surface area contributed by atoms with Crippen LogP contribution in [0.2, 0.25) is 0 Å². The molecule has 1 aromatic carbocycles. The van der Waals surface area contributed by atoms with Crippen molar-refractivity contribution in [2.75, 3.05) is 39.8 Å². The van der Waals surface area contributed by atoms with E-state index >= 15 is 0 Å². The summed E-state index contributed by atoms with van der Waals surface area (Å²) in [5.41, 5.74) is 0. The summed E-state index contributed by atoms with van der Waals surface area (Å²) in [7, 11) is 2.17. The van der Waals surface area contributed by atoms with E-state index in [1.165, 1.54) is 0 Å². The SMILES string of the molecule is CC(C)CNCCN(C)CCCOc1ccccc1. The molecular formula is C16H28N2O. The molecule has 0 heterocycles. The number of para-hydroxylation sites is 1. The van der Waals surface area contributed by atoms with Gasteiger partial charge >= 0.3 is 0 Å². The van der Waals surface area contributed by atoms with Crippen molar-refractivity contribution in [1.29, 1.82) is 0 Å². The van der Waals surface area contributed by atoms with Crippen molar-refractivity contribution >= 4 is 0 Å². The molecule has 3 heteroatoms. The lowest BCUT2D eigenvalue weighted by atomic mass is 10.2. The van der Waals surface area contributed by atoms with Crippen LogP contribution in [-0.4, -0.2) is 44.7 Å². The molecule has 0 atom stereocenters. The largest absolute Gasteiger partial charge is 0.494 e. The summed E-state index contributed by atoms with van der Waals surface area (Å²) in [6.45, 7) is 9.59. The van der Waals surface area contributed by atoms with Crippen molar-refractivity contribution in [2.24, 2.45) is 5.92 Å². The first-order valence-electron chi connectivity index (χ1n) is 7.25. The molecule has 108 valence electrons. The summed E-state index contributed by atoms with van der Waals surface area (Å²) >= 11 is 0. The number of likely N-dealkylation sites (N-methyl/N-ethyl adjacent to an activating group) is 1. The van der Waals surface area contributed by atoms with Gasteiger partial charge in [0, 0.05) is 19.6 Å². The van der Waals surface area contributed by atoms with E-state index < -0.39 is 0 Å². The van der Waals surface area contributed by atoms with Gasteiger partial charge in [0.15, 0.2) is 0 Å². The zero-order chi connectivity index (χ0) is 13.9. The smallest absolute Gasteiger partial charge is 0.119 e. The lowest BCUT2D eigenvalue weighted by Gasteiger charge is -2.17. The second kappa shape index (κ2) is 9.82. The predicted molar refractivity (Wildman–Crippen MR) is 81.8 cm³/mol. The van der Waals surface area contributed by atoms with Gasteiger partial charge in [0.2, 0.25) is 0 Å². The molecule has 0 unspecified atom stereocenters. The van der Waals surface area contributed by atoms with Crippen molar-refractivity contribution in [3.05, 3.63) is 30.3 Å². The molecule has 0 aliphatic carbocycles. The molecule has 0 amide bonds. The zero-order valence-corrected chi connectivity index (χ0v) is 12.6. The maximum Gasteiger partial charge on any atom is 0.119 e.